The molecular weight excluding hydrogens is 1110 g/mol. The van der Waals surface area contributed by atoms with Crippen LogP contribution in [0, 0.1) is 0 Å². The van der Waals surface area contributed by atoms with Crippen LogP contribution in [0.4, 0.5) is 0 Å². The molecule has 0 aromatic heterocycles. The van der Waals surface area contributed by atoms with Gasteiger partial charge in [0.05, 0.1) is 0 Å². The van der Waals surface area contributed by atoms with Gasteiger partial charge in [-0.15, -0.1) is 0 Å². The lowest BCUT2D eigenvalue weighted by atomic mass is 10.1. The van der Waals surface area contributed by atoms with Gasteiger partial charge in [0.15, 0.2) is 23.0 Å². The van der Waals surface area contributed by atoms with E-state index in [1.807, 2.05) is 0 Å². The third kappa shape index (κ3) is 21.0. The van der Waals surface area contributed by atoms with Crippen LogP contribution < -0.4 is 26.6 Å². The van der Waals surface area contributed by atoms with E-state index in [-0.39, 0.29) is 0 Å². The monoisotopic (exact) mass is 1220 g/mol. The van der Waals surface area contributed by atoms with Crippen molar-refractivity contribution in [3.05, 3.63) is 131 Å². The normalized spacial score (nSPS) is 14.2. The van der Waals surface area contributed by atoms with Crippen LogP contribution in [0.15, 0.2) is 119 Å². The van der Waals surface area contributed by atoms with Crippen molar-refractivity contribution in [1.29, 1.82) is 0 Å². The zero-order chi connectivity index (χ0) is 61.6. The van der Waals surface area contributed by atoms with E-state index in [1.54, 1.807) is 0 Å². The molecule has 460 valence electrons. The molecule has 2 aromatic rings. The van der Waals surface area contributed by atoms with Crippen molar-refractivity contribution in [2.45, 2.75) is 261 Å². The Kier molecular flexibility index (Phi) is 33.4. The summed E-state index contributed by atoms with van der Waals surface area (Å²) in [4.78, 5) is 0. The first-order valence-corrected chi connectivity index (χ1v) is 47.9. The molecule has 0 N–H and O–H groups in total. The fraction of sp³-hybridized carbons (Fsp3) is 0.571. The Bertz CT molecular complexity index is 2280. The van der Waals surface area contributed by atoms with Crippen LogP contribution in [0.5, 0.6) is 34.5 Å². The maximum Gasteiger partial charge on any atom is 0.250 e. The second-order valence-corrected chi connectivity index (χ2v) is 51.3. The Morgan fingerprint density at radius 1 is 0.268 bits per heavy atom. The number of hydrogen-bond acceptors (Lipinski definition) is 6. The van der Waals surface area contributed by atoms with Gasteiger partial charge in [-0.05, 0) is 161 Å². The lowest BCUT2D eigenvalue weighted by Crippen LogP contribution is -2.43. The zero-order valence-corrected chi connectivity index (χ0v) is 62.6. The molecule has 0 aliphatic heterocycles. The molecule has 0 aliphatic carbocycles. The molecule has 2 aromatic carbocycles. The van der Waals surface area contributed by atoms with Gasteiger partial charge in [0, 0.05) is 11.1 Å². The molecule has 0 aliphatic rings. The summed E-state index contributed by atoms with van der Waals surface area (Å²) in [5, 5.41) is 0. The summed E-state index contributed by atoms with van der Waals surface area (Å²) in [5.41, 5.74) is 6.79. The van der Waals surface area contributed by atoms with E-state index in [9.17, 15) is 0 Å². The first kappa shape index (κ1) is 74.3. The minimum Gasteiger partial charge on any atom is -0.541 e. The molecule has 2 rings (SSSR count). The molecule has 0 spiro atoms. The van der Waals surface area contributed by atoms with Crippen molar-refractivity contribution in [3.8, 4) is 34.5 Å². The van der Waals surface area contributed by atoms with Crippen molar-refractivity contribution in [3.63, 3.8) is 0 Å². The number of rotatable bonds is 40. The van der Waals surface area contributed by atoms with E-state index in [4.69, 9.17) is 26.6 Å². The summed E-state index contributed by atoms with van der Waals surface area (Å²) in [6.07, 6.45) is 30.4. The van der Waals surface area contributed by atoms with Crippen molar-refractivity contribution in [1.82, 2.24) is 0 Å². The molecule has 6 nitrogen and oxygen atoms in total. The van der Waals surface area contributed by atoms with Crippen LogP contribution in [0.1, 0.15) is 163 Å². The van der Waals surface area contributed by atoms with Crippen molar-refractivity contribution >= 4 is 62.1 Å². The maximum absolute atomic E-state index is 7.42. The van der Waals surface area contributed by atoms with Gasteiger partial charge in [0.2, 0.25) is 0 Å². The van der Waals surface area contributed by atoms with Crippen LogP contribution in [0.2, 0.25) is 109 Å². The highest BCUT2D eigenvalue weighted by Gasteiger charge is 2.41. The molecule has 0 fully saturated rings. The topological polar surface area (TPSA) is 55.4 Å². The Balaban J connectivity index is 2.50. The summed E-state index contributed by atoms with van der Waals surface area (Å²) in [6.45, 7) is 50.1. The van der Waals surface area contributed by atoms with Crippen LogP contribution in [0.25, 0.3) is 12.2 Å². The highest BCUT2D eigenvalue weighted by molar-refractivity contribution is 6.77. The van der Waals surface area contributed by atoms with Crippen molar-refractivity contribution in [2.75, 3.05) is 0 Å². The Morgan fingerprint density at radius 3 is 0.720 bits per heavy atom. The first-order chi connectivity index (χ1) is 39.2. The summed E-state index contributed by atoms with van der Waals surface area (Å²) >= 11 is 0. The highest BCUT2D eigenvalue weighted by Crippen LogP contribution is 2.49. The lowest BCUT2D eigenvalue weighted by Gasteiger charge is -2.37. The second kappa shape index (κ2) is 36.9. The van der Waals surface area contributed by atoms with Gasteiger partial charge in [-0.1, -0.05) is 232 Å². The predicted octanol–water partition coefficient (Wildman–Crippen LogP) is 24.2. The minimum atomic E-state index is -2.09. The minimum absolute atomic E-state index is 0.865. The van der Waals surface area contributed by atoms with Gasteiger partial charge in [0.1, 0.15) is 11.5 Å². The Labute approximate surface area is 511 Å². The molecule has 0 saturated carbocycles. The van der Waals surface area contributed by atoms with Gasteiger partial charge < -0.3 is 26.6 Å². The molecule has 0 atom stereocenters. The van der Waals surface area contributed by atoms with Gasteiger partial charge in [0.25, 0.3) is 49.9 Å². The Morgan fingerprint density at radius 2 is 0.476 bits per heavy atom. The van der Waals surface area contributed by atoms with Gasteiger partial charge in [-0.25, -0.2) is 0 Å². The third-order valence-corrected chi connectivity index (χ3v) is 46.1. The molecule has 0 unspecified atom stereocenters. The summed E-state index contributed by atoms with van der Waals surface area (Å²) in [5.74, 6) is 5.31. The number of hydrogen-bond donors (Lipinski definition) is 0. The molecule has 0 saturated heterocycles. The van der Waals surface area contributed by atoms with E-state index in [0.717, 1.165) is 166 Å². The smallest absolute Gasteiger partial charge is 0.250 e. The van der Waals surface area contributed by atoms with Crippen LogP contribution in [0.3, 0.4) is 0 Å². The number of allylic oxidation sites excluding steroid dienone is 16. The molecule has 0 amide bonds. The van der Waals surface area contributed by atoms with Gasteiger partial charge in [-0.3, -0.25) is 0 Å². The summed E-state index contributed by atoms with van der Waals surface area (Å²) in [7, 11) is -12.4. The largest absolute Gasteiger partial charge is 0.541 e. The number of benzene rings is 2. The molecule has 0 radical (unpaired) electrons. The highest BCUT2D eigenvalue weighted by atomic mass is 28.4. The predicted molar refractivity (Wildman–Crippen MR) is 380 cm³/mol. The van der Waals surface area contributed by atoms with E-state index in [0.29, 0.717) is 0 Å². The zero-order valence-electron chi connectivity index (χ0n) is 56.6. The quantitative estimate of drug-likeness (QED) is 0.0490. The van der Waals surface area contributed by atoms with E-state index in [1.165, 1.54) is 11.1 Å². The molecule has 0 bridgehead atoms. The molecule has 82 heavy (non-hydrogen) atoms. The first-order valence-electron chi connectivity index (χ1n) is 32.7. The summed E-state index contributed by atoms with van der Waals surface area (Å²) < 4.78 is 44.1. The van der Waals surface area contributed by atoms with Crippen molar-refractivity contribution < 1.29 is 26.6 Å². The Hall–Kier alpha value is -3.80. The third-order valence-electron chi connectivity index (χ3n) is 19.1. The molecule has 12 heteroatoms. The van der Waals surface area contributed by atoms with Crippen LogP contribution >= 0.6 is 0 Å². The van der Waals surface area contributed by atoms with Crippen molar-refractivity contribution in [2.24, 2.45) is 0 Å². The average Bonchev–Trinajstić information content (AvgIpc) is 3.63. The van der Waals surface area contributed by atoms with Gasteiger partial charge >= 0.3 is 0 Å². The fourth-order valence-corrected chi connectivity index (χ4v) is 26.3. The molecule has 0 heterocycles. The SMILES string of the molecule is CC[Si](CC)(CC)Oc1ccc(/C=C/C(C)=C/C=C/C(C)=C/C=C/C=C(C)/C=C/C=C(C)/C=C/c2ccc(O[Si](CC)(CC)CC)c(O[Si](CC)(CC)CC)c2O[Si](CC)(CC)CC)c(O[Si](CC)(CC)CC)c1O[Si](CC)(CC)CC. The van der Waals surface area contributed by atoms with Crippen LogP contribution in [-0.4, -0.2) is 49.9 Å². The summed E-state index contributed by atoms with van der Waals surface area (Å²) in [6, 6.07) is 27.9. The lowest BCUT2D eigenvalue weighted by molar-refractivity contribution is 0.435. The van der Waals surface area contributed by atoms with Crippen LogP contribution in [-0.2, 0) is 0 Å². The second-order valence-electron chi connectivity index (χ2n) is 23.1. The van der Waals surface area contributed by atoms with E-state index in [2.05, 4.69) is 262 Å². The average molecular weight is 1230 g/mol. The van der Waals surface area contributed by atoms with Gasteiger partial charge in [-0.2, -0.15) is 0 Å². The molecular formula is C70H120O6Si6. The van der Waals surface area contributed by atoms with E-state index < -0.39 is 49.9 Å². The standard InChI is InChI=1S/C70H120O6Si6/c1-23-77(24-2,25-3)71-65-57-55-63(67(73-79(29-7,30-8)31-9)69(65)75-81(35-13,36-14)37-15)53-51-61(21)49-43-47-59(19)45-41-42-46-60(20)48-44-50-62(22)52-54-64-56-58-66(72-78(26-4,27-5)28-6)70(76-82(38-16,39-17)40-18)68(64)74-80(32-10,33-11)34-12/h41-58H,23-40H2,1-22H3/b42-41+,47-43+,48-44+,53-51+,54-52+,59-45+,60-46+,61-49+,62-50+. The fourth-order valence-electron chi connectivity index (χ4n) is 10.9. The maximum atomic E-state index is 7.42. The van der Waals surface area contributed by atoms with E-state index >= 15 is 0 Å².